The van der Waals surface area contributed by atoms with Crippen LogP contribution in [-0.2, 0) is 9.59 Å². The predicted molar refractivity (Wildman–Crippen MR) is 124 cm³/mol. The first-order valence-corrected chi connectivity index (χ1v) is 12.4. The number of ether oxygens (including phenoxy) is 1. The van der Waals surface area contributed by atoms with Crippen LogP contribution in [0.3, 0.4) is 0 Å². The van der Waals surface area contributed by atoms with E-state index in [1.165, 1.54) is 18.9 Å². The summed E-state index contributed by atoms with van der Waals surface area (Å²) in [7, 11) is 0. The quantitative estimate of drug-likeness (QED) is 0.441. The lowest BCUT2D eigenvalue weighted by Crippen LogP contribution is -2.57. The highest BCUT2D eigenvalue weighted by Crippen LogP contribution is 2.49. The Morgan fingerprint density at radius 2 is 2.06 bits per heavy atom. The Bertz CT molecular complexity index is 796. The molecule has 1 aliphatic heterocycles. The molecule has 2 amide bonds. The van der Waals surface area contributed by atoms with E-state index >= 15 is 0 Å². The van der Waals surface area contributed by atoms with E-state index in [1.54, 1.807) is 12.1 Å². The van der Waals surface area contributed by atoms with Gasteiger partial charge in [0.15, 0.2) is 6.61 Å². The molecule has 31 heavy (non-hydrogen) atoms. The maximum absolute atomic E-state index is 13.6. The second-order valence-corrected chi connectivity index (χ2v) is 10.3. The van der Waals surface area contributed by atoms with Crippen LogP contribution in [-0.4, -0.2) is 44.1 Å². The van der Waals surface area contributed by atoms with Gasteiger partial charge in [-0.1, -0.05) is 0 Å². The van der Waals surface area contributed by atoms with Crippen LogP contribution in [0.15, 0.2) is 18.2 Å². The minimum Gasteiger partial charge on any atom is -0.484 e. The molecule has 5 rings (SSSR count). The summed E-state index contributed by atoms with van der Waals surface area (Å²) in [6, 6.07) is 4.56. The van der Waals surface area contributed by atoms with Crippen molar-refractivity contribution in [2.45, 2.75) is 44.6 Å². The summed E-state index contributed by atoms with van der Waals surface area (Å²) in [5.41, 5.74) is 0. The van der Waals surface area contributed by atoms with Gasteiger partial charge in [0, 0.05) is 28.1 Å². The molecular formula is C23H31FIN3O3. The summed E-state index contributed by atoms with van der Waals surface area (Å²) in [5.74, 6) is 1.41. The van der Waals surface area contributed by atoms with Gasteiger partial charge in [0.05, 0.1) is 0 Å². The van der Waals surface area contributed by atoms with Gasteiger partial charge in [0.2, 0.25) is 5.91 Å². The number of hydrogen-bond acceptors (Lipinski definition) is 4. The van der Waals surface area contributed by atoms with Crippen molar-refractivity contribution in [2.75, 3.05) is 26.2 Å². The van der Waals surface area contributed by atoms with Crippen LogP contribution in [0.5, 0.6) is 5.75 Å². The molecular weight excluding hydrogens is 512 g/mol. The first-order chi connectivity index (χ1) is 15.0. The molecule has 1 aromatic rings. The number of hydrogen-bond donors (Lipinski definition) is 3. The third-order valence-corrected chi connectivity index (χ3v) is 7.93. The van der Waals surface area contributed by atoms with Crippen molar-refractivity contribution in [3.63, 3.8) is 0 Å². The lowest BCUT2D eigenvalue weighted by atomic mass is 9.57. The van der Waals surface area contributed by atoms with Crippen molar-refractivity contribution in [1.82, 2.24) is 16.0 Å². The van der Waals surface area contributed by atoms with Gasteiger partial charge in [-0.2, -0.15) is 0 Å². The highest BCUT2D eigenvalue weighted by molar-refractivity contribution is 14.1. The van der Waals surface area contributed by atoms with Gasteiger partial charge in [-0.25, -0.2) is 4.39 Å². The molecule has 0 aromatic heterocycles. The lowest BCUT2D eigenvalue weighted by molar-refractivity contribution is -0.136. The predicted octanol–water partition coefficient (Wildman–Crippen LogP) is 2.85. The Balaban J connectivity index is 1.21. The number of nitrogens with one attached hydrogen (secondary N) is 3. The molecule has 170 valence electrons. The van der Waals surface area contributed by atoms with Crippen LogP contribution < -0.4 is 20.7 Å². The third-order valence-electron chi connectivity index (χ3n) is 7.05. The number of carbonyl (C=O) groups is 2. The van der Waals surface area contributed by atoms with Crippen molar-refractivity contribution in [2.24, 2.45) is 23.7 Å². The van der Waals surface area contributed by atoms with Gasteiger partial charge in [-0.3, -0.25) is 9.59 Å². The number of fused-ring (bicyclic) bond motifs is 2. The van der Waals surface area contributed by atoms with Crippen LogP contribution in [0.2, 0.25) is 0 Å². The molecule has 1 aromatic carbocycles. The van der Waals surface area contributed by atoms with E-state index in [0.717, 1.165) is 38.9 Å². The Labute approximate surface area is 196 Å². The van der Waals surface area contributed by atoms with Crippen molar-refractivity contribution < 1.29 is 18.7 Å². The monoisotopic (exact) mass is 543 g/mol. The average Bonchev–Trinajstić information content (AvgIpc) is 2.74. The Morgan fingerprint density at radius 1 is 1.23 bits per heavy atom. The average molecular weight is 543 g/mol. The van der Waals surface area contributed by atoms with Crippen LogP contribution in [0, 0.1) is 33.1 Å². The van der Waals surface area contributed by atoms with Gasteiger partial charge in [-0.05, 0) is 104 Å². The number of benzene rings is 1. The second-order valence-electron chi connectivity index (χ2n) is 9.16. The fourth-order valence-corrected chi connectivity index (χ4v) is 5.52. The van der Waals surface area contributed by atoms with Crippen LogP contribution in [0.1, 0.15) is 38.5 Å². The van der Waals surface area contributed by atoms with Crippen molar-refractivity contribution in [3.8, 4) is 5.75 Å². The molecule has 1 heterocycles. The third kappa shape index (κ3) is 5.88. The molecule has 8 heteroatoms. The second kappa shape index (κ2) is 10.5. The zero-order chi connectivity index (χ0) is 21.8. The van der Waals surface area contributed by atoms with Gasteiger partial charge in [0.1, 0.15) is 11.6 Å². The standard InChI is InChI=1S/C23H31FIN3O3/c24-19-10-17(3-4-20(19)25)31-13-22(29)28-21-11-18(15-8-16(21)9-15)23(30)27-7-5-14-2-1-6-26-12-14/h3-4,10,14-16,18,21,26H,1-2,5-9,11-13H2,(H,27,30)(H,28,29). The number of rotatable bonds is 8. The molecule has 1 saturated heterocycles. The number of carbonyl (C=O) groups excluding carboxylic acids is 2. The zero-order valence-electron chi connectivity index (χ0n) is 17.7. The maximum atomic E-state index is 13.6. The number of piperidine rings is 1. The molecule has 3 N–H and O–H groups in total. The van der Waals surface area contributed by atoms with Gasteiger partial charge < -0.3 is 20.7 Å². The SMILES string of the molecule is O=C(COc1ccc(I)c(F)c1)NC1CC(C(=O)NCCC2CCCNC2)C2CC1C2. The molecule has 6 nitrogen and oxygen atoms in total. The van der Waals surface area contributed by atoms with E-state index in [9.17, 15) is 14.0 Å². The molecule has 4 fully saturated rings. The molecule has 2 bridgehead atoms. The van der Waals surface area contributed by atoms with Crippen LogP contribution in [0.4, 0.5) is 4.39 Å². The van der Waals surface area contributed by atoms with E-state index in [4.69, 9.17) is 4.74 Å². The molecule has 0 spiro atoms. The van der Waals surface area contributed by atoms with E-state index < -0.39 is 0 Å². The normalized spacial score (nSPS) is 29.5. The molecule has 3 unspecified atom stereocenters. The fraction of sp³-hybridized carbons (Fsp3) is 0.652. The summed E-state index contributed by atoms with van der Waals surface area (Å²) in [5, 5.41) is 9.61. The van der Waals surface area contributed by atoms with Crippen molar-refractivity contribution in [3.05, 3.63) is 27.6 Å². The summed E-state index contributed by atoms with van der Waals surface area (Å²) in [4.78, 5) is 25.2. The van der Waals surface area contributed by atoms with Crippen LogP contribution in [0.25, 0.3) is 0 Å². The first kappa shape index (κ1) is 22.8. The highest BCUT2D eigenvalue weighted by atomic mass is 127. The van der Waals surface area contributed by atoms with Gasteiger partial charge in [0.25, 0.3) is 5.91 Å². The Kier molecular flexibility index (Phi) is 7.68. The largest absolute Gasteiger partial charge is 0.484 e. The van der Waals surface area contributed by atoms with E-state index in [1.807, 2.05) is 22.6 Å². The van der Waals surface area contributed by atoms with E-state index in [2.05, 4.69) is 16.0 Å². The maximum Gasteiger partial charge on any atom is 0.258 e. The number of amides is 2. The molecule has 0 radical (unpaired) electrons. The number of halogens is 2. The lowest BCUT2D eigenvalue weighted by Gasteiger charge is -2.50. The van der Waals surface area contributed by atoms with E-state index in [0.29, 0.717) is 33.5 Å². The fourth-order valence-electron chi connectivity index (χ4n) is 5.19. The highest BCUT2D eigenvalue weighted by Gasteiger charge is 2.48. The topological polar surface area (TPSA) is 79.5 Å². The summed E-state index contributed by atoms with van der Waals surface area (Å²) in [6.45, 7) is 2.73. The molecule has 3 aliphatic carbocycles. The summed E-state index contributed by atoms with van der Waals surface area (Å²) >= 11 is 1.91. The first-order valence-electron chi connectivity index (χ1n) is 11.3. The minimum atomic E-state index is -0.361. The van der Waals surface area contributed by atoms with Crippen molar-refractivity contribution >= 4 is 34.4 Å². The van der Waals surface area contributed by atoms with Gasteiger partial charge in [-0.15, -0.1) is 0 Å². The smallest absolute Gasteiger partial charge is 0.258 e. The zero-order valence-corrected chi connectivity index (χ0v) is 19.8. The Hall–Kier alpha value is -1.42. The van der Waals surface area contributed by atoms with Crippen LogP contribution >= 0.6 is 22.6 Å². The molecule has 3 saturated carbocycles. The van der Waals surface area contributed by atoms with Gasteiger partial charge >= 0.3 is 0 Å². The molecule has 4 aliphatic rings. The Morgan fingerprint density at radius 3 is 2.81 bits per heavy atom. The summed E-state index contributed by atoms with van der Waals surface area (Å²) in [6.07, 6.45) is 6.17. The van der Waals surface area contributed by atoms with Crippen molar-refractivity contribution in [1.29, 1.82) is 0 Å². The minimum absolute atomic E-state index is 0.00727. The van der Waals surface area contributed by atoms with E-state index in [-0.39, 0.29) is 36.2 Å². The summed E-state index contributed by atoms with van der Waals surface area (Å²) < 4.78 is 19.6. The molecule has 3 atom stereocenters.